The van der Waals surface area contributed by atoms with Crippen molar-refractivity contribution >= 4 is 24.1 Å². The van der Waals surface area contributed by atoms with Crippen LogP contribution in [0.3, 0.4) is 0 Å². The summed E-state index contributed by atoms with van der Waals surface area (Å²) >= 11 is 0. The Hall–Kier alpha value is -4.34. The first kappa shape index (κ1) is 33.9. The van der Waals surface area contributed by atoms with Gasteiger partial charge < -0.3 is 29.6 Å². The lowest BCUT2D eigenvalue weighted by Crippen LogP contribution is -2.45. The summed E-state index contributed by atoms with van der Waals surface area (Å²) in [6, 6.07) is 16.5. The predicted molar refractivity (Wildman–Crippen MR) is 158 cm³/mol. The highest BCUT2D eigenvalue weighted by molar-refractivity contribution is 5.82. The minimum Gasteiger partial charge on any atom is -0.460 e. The highest BCUT2D eigenvalue weighted by Gasteiger charge is 2.27. The van der Waals surface area contributed by atoms with Gasteiger partial charge in [-0.2, -0.15) is 0 Å². The number of amides is 2. The zero-order valence-corrected chi connectivity index (χ0v) is 25.2. The van der Waals surface area contributed by atoms with Crippen LogP contribution in [-0.4, -0.2) is 60.6 Å². The molecule has 0 radical (unpaired) electrons. The smallest absolute Gasteiger partial charge is 0.408 e. The van der Waals surface area contributed by atoms with E-state index in [0.717, 1.165) is 11.1 Å². The van der Waals surface area contributed by atoms with Crippen LogP contribution in [0.1, 0.15) is 52.7 Å². The molecule has 2 amide bonds. The Morgan fingerprint density at radius 3 is 1.26 bits per heavy atom. The van der Waals surface area contributed by atoms with E-state index in [1.165, 1.54) is 12.2 Å². The molecule has 0 aliphatic rings. The van der Waals surface area contributed by atoms with Crippen molar-refractivity contribution in [2.45, 2.75) is 77.7 Å². The molecular formula is C32H42N2O8. The largest absolute Gasteiger partial charge is 0.460 e. The Morgan fingerprint density at radius 2 is 0.952 bits per heavy atom. The highest BCUT2D eigenvalue weighted by Crippen LogP contribution is 2.11. The average molecular weight is 583 g/mol. The second kappa shape index (κ2) is 16.2. The summed E-state index contributed by atoms with van der Waals surface area (Å²) in [5, 5.41) is 5.15. The van der Waals surface area contributed by atoms with Crippen molar-refractivity contribution in [3.63, 3.8) is 0 Å². The number of nitrogens with one attached hydrogen (secondary N) is 2. The molecule has 10 nitrogen and oxygen atoms in total. The number of carbonyl (C=O) groups excluding carboxylic acids is 4. The molecule has 0 aromatic heterocycles. The number of alkyl carbamates (subject to hydrolysis) is 2. The van der Waals surface area contributed by atoms with Crippen LogP contribution in [-0.2, 0) is 41.4 Å². The van der Waals surface area contributed by atoms with Gasteiger partial charge in [-0.3, -0.25) is 0 Å². The fourth-order valence-corrected chi connectivity index (χ4v) is 3.58. The van der Waals surface area contributed by atoms with Gasteiger partial charge in [-0.15, -0.1) is 0 Å². The van der Waals surface area contributed by atoms with Crippen molar-refractivity contribution in [2.24, 2.45) is 0 Å². The Bertz CT molecular complexity index is 1090. The number of rotatable bonds is 12. The molecule has 0 saturated heterocycles. The first-order valence-corrected chi connectivity index (χ1v) is 13.8. The fraction of sp³-hybridized carbons (Fsp3) is 0.438. The zero-order valence-electron chi connectivity index (χ0n) is 25.2. The molecule has 2 aromatic rings. The lowest BCUT2D eigenvalue weighted by Gasteiger charge is -2.23. The van der Waals surface area contributed by atoms with Gasteiger partial charge in [-0.05, 0) is 64.8 Å². The normalized spacial score (nSPS) is 13.0. The van der Waals surface area contributed by atoms with Gasteiger partial charge in [0.15, 0.2) is 0 Å². The van der Waals surface area contributed by atoms with E-state index < -0.39 is 47.4 Å². The predicted octanol–water partition coefficient (Wildman–Crippen LogP) is 4.90. The van der Waals surface area contributed by atoms with Crippen LogP contribution in [0.15, 0.2) is 72.8 Å². The van der Waals surface area contributed by atoms with Crippen LogP contribution in [0.25, 0.3) is 0 Å². The van der Waals surface area contributed by atoms with Gasteiger partial charge in [0.2, 0.25) is 0 Å². The summed E-state index contributed by atoms with van der Waals surface area (Å²) in [5.41, 5.74) is 0.216. The van der Waals surface area contributed by atoms with E-state index in [2.05, 4.69) is 10.6 Å². The topological polar surface area (TPSA) is 129 Å². The Kier molecular flexibility index (Phi) is 13.1. The molecule has 42 heavy (non-hydrogen) atoms. The quantitative estimate of drug-likeness (QED) is 0.205. The van der Waals surface area contributed by atoms with Crippen molar-refractivity contribution < 1.29 is 38.1 Å². The summed E-state index contributed by atoms with van der Waals surface area (Å²) < 4.78 is 21.2. The third kappa shape index (κ3) is 14.3. The second-order valence-electron chi connectivity index (χ2n) is 11.5. The standard InChI is InChI=1S/C32H42N2O8/c1-31(2,3)41-29(37)33-25(21-23-15-9-7-10-16-23)27(35)39-19-13-14-20-40-28(36)26(22-24-17-11-8-12-18-24)34-30(38)42-32(4,5)6/h7-18,25-26H,19-22H2,1-6H3,(H,33,37)(H,34,38)/b14-13+/t25-,26-/m0/s1. The average Bonchev–Trinajstić information content (AvgIpc) is 2.88. The van der Waals surface area contributed by atoms with Crippen molar-refractivity contribution in [3.8, 4) is 0 Å². The summed E-state index contributed by atoms with van der Waals surface area (Å²) in [4.78, 5) is 50.2. The fourth-order valence-electron chi connectivity index (χ4n) is 3.58. The monoisotopic (exact) mass is 582 g/mol. The third-order valence-electron chi connectivity index (χ3n) is 5.33. The van der Waals surface area contributed by atoms with Gasteiger partial charge in [-0.1, -0.05) is 60.7 Å². The van der Waals surface area contributed by atoms with Crippen LogP contribution in [0, 0.1) is 0 Å². The molecule has 0 heterocycles. The molecule has 0 fully saturated rings. The van der Waals surface area contributed by atoms with E-state index in [-0.39, 0.29) is 26.1 Å². The van der Waals surface area contributed by atoms with Gasteiger partial charge in [0, 0.05) is 12.8 Å². The van der Waals surface area contributed by atoms with Crippen molar-refractivity contribution in [1.29, 1.82) is 0 Å². The molecule has 2 N–H and O–H groups in total. The Balaban J connectivity index is 1.92. The molecule has 2 atom stereocenters. The third-order valence-corrected chi connectivity index (χ3v) is 5.33. The van der Waals surface area contributed by atoms with Crippen molar-refractivity contribution in [2.75, 3.05) is 13.2 Å². The van der Waals surface area contributed by atoms with Gasteiger partial charge in [0.05, 0.1) is 0 Å². The number of hydrogen-bond acceptors (Lipinski definition) is 8. The first-order valence-electron chi connectivity index (χ1n) is 13.8. The SMILES string of the molecule is CC(C)(C)OC(=O)N[C@@H](Cc1ccccc1)C(=O)OC/C=C/COC(=O)[C@H](Cc1ccccc1)NC(=O)OC(C)(C)C. The van der Waals surface area contributed by atoms with Crippen LogP contribution < -0.4 is 10.6 Å². The molecule has 228 valence electrons. The van der Waals surface area contributed by atoms with E-state index >= 15 is 0 Å². The zero-order chi connectivity index (χ0) is 31.2. The maximum atomic E-state index is 12.8. The minimum atomic E-state index is -0.967. The van der Waals surface area contributed by atoms with E-state index in [0.29, 0.717) is 0 Å². The lowest BCUT2D eigenvalue weighted by molar-refractivity contribution is -0.146. The molecule has 0 aliphatic heterocycles. The molecule has 0 aliphatic carbocycles. The van der Waals surface area contributed by atoms with Crippen LogP contribution >= 0.6 is 0 Å². The molecule has 10 heteroatoms. The van der Waals surface area contributed by atoms with Gasteiger partial charge in [-0.25, -0.2) is 19.2 Å². The maximum absolute atomic E-state index is 12.8. The number of hydrogen-bond donors (Lipinski definition) is 2. The number of ether oxygens (including phenoxy) is 4. The van der Waals surface area contributed by atoms with E-state index in [9.17, 15) is 19.2 Å². The number of carbonyl (C=O) groups is 4. The Morgan fingerprint density at radius 1 is 0.619 bits per heavy atom. The van der Waals surface area contributed by atoms with E-state index in [4.69, 9.17) is 18.9 Å². The van der Waals surface area contributed by atoms with Crippen molar-refractivity contribution in [1.82, 2.24) is 10.6 Å². The summed E-state index contributed by atoms with van der Waals surface area (Å²) in [7, 11) is 0. The number of esters is 2. The molecule has 2 rings (SSSR count). The highest BCUT2D eigenvalue weighted by atomic mass is 16.6. The molecule has 0 unspecified atom stereocenters. The number of benzene rings is 2. The summed E-state index contributed by atoms with van der Waals surface area (Å²) in [6.45, 7) is 10.2. The second-order valence-corrected chi connectivity index (χ2v) is 11.5. The molecule has 0 bridgehead atoms. The molecule has 0 saturated carbocycles. The van der Waals surface area contributed by atoms with Gasteiger partial charge in [0.25, 0.3) is 0 Å². The summed E-state index contributed by atoms with van der Waals surface area (Å²) in [6.07, 6.45) is 2.01. The molecular weight excluding hydrogens is 540 g/mol. The maximum Gasteiger partial charge on any atom is 0.408 e. The minimum absolute atomic E-state index is 0.110. The van der Waals surface area contributed by atoms with Gasteiger partial charge >= 0.3 is 24.1 Å². The Labute approximate surface area is 247 Å². The lowest BCUT2D eigenvalue weighted by atomic mass is 10.1. The van der Waals surface area contributed by atoms with Crippen LogP contribution in [0.5, 0.6) is 0 Å². The van der Waals surface area contributed by atoms with Crippen molar-refractivity contribution in [3.05, 3.63) is 83.9 Å². The van der Waals surface area contributed by atoms with E-state index in [1.807, 2.05) is 60.7 Å². The molecule has 0 spiro atoms. The van der Waals surface area contributed by atoms with Gasteiger partial charge in [0.1, 0.15) is 36.5 Å². The first-order chi connectivity index (χ1) is 19.7. The summed E-state index contributed by atoms with van der Waals surface area (Å²) in [5.74, 6) is -1.29. The van der Waals surface area contributed by atoms with Crippen LogP contribution in [0.2, 0.25) is 0 Å². The van der Waals surface area contributed by atoms with Crippen LogP contribution in [0.4, 0.5) is 9.59 Å². The van der Waals surface area contributed by atoms with E-state index in [1.54, 1.807) is 41.5 Å². The molecule has 2 aromatic carbocycles.